The van der Waals surface area contributed by atoms with Gasteiger partial charge in [0.25, 0.3) is 0 Å². The van der Waals surface area contributed by atoms with Crippen LogP contribution in [0.3, 0.4) is 0 Å². The Kier molecular flexibility index (Phi) is 5.78. The molecule has 0 bridgehead atoms. The number of carbonyl (C=O) groups is 2. The second-order valence-corrected chi connectivity index (χ2v) is 4.29. The zero-order chi connectivity index (χ0) is 12.8. The number of hydrogen-bond acceptors (Lipinski definition) is 4. The lowest BCUT2D eigenvalue weighted by atomic mass is 9.91. The molecule has 0 fully saturated rings. The number of ether oxygens (including phenoxy) is 2. The molecule has 0 N–H and O–H groups in total. The molecule has 4 nitrogen and oxygen atoms in total. The van der Waals surface area contributed by atoms with Crippen molar-refractivity contribution < 1.29 is 19.1 Å². The Morgan fingerprint density at radius 3 is 2.44 bits per heavy atom. The van der Waals surface area contributed by atoms with Crippen molar-refractivity contribution in [2.45, 2.75) is 40.2 Å². The van der Waals surface area contributed by atoms with Crippen LogP contribution in [0, 0.1) is 5.41 Å². The van der Waals surface area contributed by atoms with E-state index < -0.39 is 17.5 Å². The van der Waals surface area contributed by atoms with Gasteiger partial charge in [-0.3, -0.25) is 4.79 Å². The summed E-state index contributed by atoms with van der Waals surface area (Å²) in [5.74, 6) is -0.796. The Morgan fingerprint density at radius 1 is 1.44 bits per heavy atom. The van der Waals surface area contributed by atoms with Crippen molar-refractivity contribution in [3.8, 4) is 0 Å². The van der Waals surface area contributed by atoms with Crippen molar-refractivity contribution in [3.05, 3.63) is 12.7 Å². The van der Waals surface area contributed by atoms with Gasteiger partial charge >= 0.3 is 11.9 Å². The molecule has 0 aliphatic carbocycles. The normalized spacial score (nSPS) is 12.8. The van der Waals surface area contributed by atoms with Crippen molar-refractivity contribution >= 4 is 11.9 Å². The standard InChI is InChI=1S/C12H20O4/c1-6-10(13)16-9(3)8-15-11(14)12(4,5)7-2/h6,9H,1,7-8H2,2-5H3. The highest BCUT2D eigenvalue weighted by atomic mass is 16.6. The van der Waals surface area contributed by atoms with Gasteiger partial charge in [0.1, 0.15) is 12.7 Å². The van der Waals surface area contributed by atoms with Gasteiger partial charge in [0, 0.05) is 6.08 Å². The Labute approximate surface area is 96.6 Å². The van der Waals surface area contributed by atoms with Crippen LogP contribution in [-0.4, -0.2) is 24.6 Å². The predicted molar refractivity (Wildman–Crippen MR) is 60.8 cm³/mol. The quantitative estimate of drug-likeness (QED) is 0.516. The second-order valence-electron chi connectivity index (χ2n) is 4.29. The van der Waals surface area contributed by atoms with E-state index in [0.29, 0.717) is 6.42 Å². The summed E-state index contributed by atoms with van der Waals surface area (Å²) in [6.07, 6.45) is 1.32. The van der Waals surface area contributed by atoms with Gasteiger partial charge in [-0.05, 0) is 27.2 Å². The predicted octanol–water partition coefficient (Wildman–Crippen LogP) is 2.08. The molecule has 0 aromatic heterocycles. The Morgan fingerprint density at radius 2 is 2.00 bits per heavy atom. The molecule has 0 radical (unpaired) electrons. The summed E-state index contributed by atoms with van der Waals surface area (Å²) in [5, 5.41) is 0. The van der Waals surface area contributed by atoms with E-state index in [2.05, 4.69) is 6.58 Å². The molecule has 0 aromatic carbocycles. The molecule has 16 heavy (non-hydrogen) atoms. The number of esters is 2. The van der Waals surface area contributed by atoms with Gasteiger partial charge < -0.3 is 9.47 Å². The maximum absolute atomic E-state index is 11.6. The van der Waals surface area contributed by atoms with Crippen LogP contribution in [0.15, 0.2) is 12.7 Å². The van der Waals surface area contributed by atoms with Crippen LogP contribution in [0.4, 0.5) is 0 Å². The minimum Gasteiger partial charge on any atom is -0.461 e. The lowest BCUT2D eigenvalue weighted by molar-refractivity contribution is -0.161. The van der Waals surface area contributed by atoms with Crippen LogP contribution in [0.1, 0.15) is 34.1 Å². The average Bonchev–Trinajstić information content (AvgIpc) is 2.25. The van der Waals surface area contributed by atoms with Gasteiger partial charge in [-0.2, -0.15) is 0 Å². The van der Waals surface area contributed by atoms with Crippen LogP contribution in [0.25, 0.3) is 0 Å². The molecular formula is C12H20O4. The van der Waals surface area contributed by atoms with Gasteiger partial charge in [0.15, 0.2) is 0 Å². The van der Waals surface area contributed by atoms with Gasteiger partial charge in [0.05, 0.1) is 5.41 Å². The summed E-state index contributed by atoms with van der Waals surface area (Å²) in [4.78, 5) is 22.4. The van der Waals surface area contributed by atoms with Crippen molar-refractivity contribution in [2.75, 3.05) is 6.61 Å². The van der Waals surface area contributed by atoms with Crippen LogP contribution in [0.5, 0.6) is 0 Å². The fourth-order valence-corrected chi connectivity index (χ4v) is 0.813. The van der Waals surface area contributed by atoms with Crippen LogP contribution in [-0.2, 0) is 19.1 Å². The van der Waals surface area contributed by atoms with Gasteiger partial charge in [0.2, 0.25) is 0 Å². The van der Waals surface area contributed by atoms with Crippen LogP contribution >= 0.6 is 0 Å². The molecule has 1 atom stereocenters. The molecule has 0 rings (SSSR count). The third-order valence-corrected chi connectivity index (χ3v) is 2.37. The molecule has 92 valence electrons. The molecule has 0 spiro atoms. The molecule has 0 aromatic rings. The first kappa shape index (κ1) is 14.7. The number of carbonyl (C=O) groups excluding carboxylic acids is 2. The molecule has 4 heteroatoms. The Balaban J connectivity index is 4.01. The van der Waals surface area contributed by atoms with Crippen molar-refractivity contribution in [1.29, 1.82) is 0 Å². The van der Waals surface area contributed by atoms with E-state index in [1.54, 1.807) is 6.92 Å². The summed E-state index contributed by atoms with van der Waals surface area (Å²) in [7, 11) is 0. The highest BCUT2D eigenvalue weighted by molar-refractivity contribution is 5.81. The lowest BCUT2D eigenvalue weighted by Gasteiger charge is -2.21. The number of hydrogen-bond donors (Lipinski definition) is 0. The monoisotopic (exact) mass is 228 g/mol. The first-order chi connectivity index (χ1) is 7.33. The summed E-state index contributed by atoms with van der Waals surface area (Å²) >= 11 is 0. The third-order valence-electron chi connectivity index (χ3n) is 2.37. The smallest absolute Gasteiger partial charge is 0.330 e. The van der Waals surface area contributed by atoms with Gasteiger partial charge in [-0.15, -0.1) is 0 Å². The van der Waals surface area contributed by atoms with Crippen LogP contribution in [0.2, 0.25) is 0 Å². The first-order valence-corrected chi connectivity index (χ1v) is 5.33. The molecule has 1 unspecified atom stereocenters. The van der Waals surface area contributed by atoms with Gasteiger partial charge in [-0.25, -0.2) is 4.79 Å². The minimum atomic E-state index is -0.515. The van der Waals surface area contributed by atoms with Crippen molar-refractivity contribution in [2.24, 2.45) is 5.41 Å². The van der Waals surface area contributed by atoms with Crippen LogP contribution < -0.4 is 0 Å². The average molecular weight is 228 g/mol. The highest BCUT2D eigenvalue weighted by Gasteiger charge is 2.27. The molecule has 0 saturated carbocycles. The summed E-state index contributed by atoms with van der Waals surface area (Å²) < 4.78 is 9.92. The first-order valence-electron chi connectivity index (χ1n) is 5.33. The SMILES string of the molecule is C=CC(=O)OC(C)COC(=O)C(C)(C)CC. The molecule has 0 aliphatic rings. The molecule has 0 aliphatic heterocycles. The zero-order valence-electron chi connectivity index (χ0n) is 10.4. The Hall–Kier alpha value is -1.32. The highest BCUT2D eigenvalue weighted by Crippen LogP contribution is 2.21. The van der Waals surface area contributed by atoms with E-state index in [4.69, 9.17) is 9.47 Å². The third kappa shape index (κ3) is 4.96. The summed E-state index contributed by atoms with van der Waals surface area (Å²) in [6, 6.07) is 0. The fourth-order valence-electron chi connectivity index (χ4n) is 0.813. The molecular weight excluding hydrogens is 208 g/mol. The lowest BCUT2D eigenvalue weighted by Crippen LogP contribution is -2.29. The maximum Gasteiger partial charge on any atom is 0.330 e. The zero-order valence-corrected chi connectivity index (χ0v) is 10.4. The van der Waals surface area contributed by atoms with E-state index in [1.807, 2.05) is 20.8 Å². The number of rotatable bonds is 6. The summed E-state index contributed by atoms with van der Waals surface area (Å²) in [6.45, 7) is 10.6. The van der Waals surface area contributed by atoms with Crippen molar-refractivity contribution in [3.63, 3.8) is 0 Å². The minimum absolute atomic E-state index is 0.0713. The topological polar surface area (TPSA) is 52.6 Å². The van der Waals surface area contributed by atoms with E-state index >= 15 is 0 Å². The van der Waals surface area contributed by atoms with E-state index in [1.165, 1.54) is 0 Å². The second kappa shape index (κ2) is 6.30. The van der Waals surface area contributed by atoms with Crippen molar-refractivity contribution in [1.82, 2.24) is 0 Å². The molecule has 0 amide bonds. The van der Waals surface area contributed by atoms with E-state index in [9.17, 15) is 9.59 Å². The molecule has 0 heterocycles. The largest absolute Gasteiger partial charge is 0.461 e. The Bertz CT molecular complexity index is 268. The summed E-state index contributed by atoms with van der Waals surface area (Å²) in [5.41, 5.74) is -0.498. The van der Waals surface area contributed by atoms with E-state index in [0.717, 1.165) is 6.08 Å². The van der Waals surface area contributed by atoms with E-state index in [-0.39, 0.29) is 12.6 Å². The van der Waals surface area contributed by atoms with Gasteiger partial charge in [-0.1, -0.05) is 13.5 Å². The fraction of sp³-hybridized carbons (Fsp3) is 0.667. The molecule has 0 saturated heterocycles. The maximum atomic E-state index is 11.6.